The van der Waals surface area contributed by atoms with Gasteiger partial charge in [-0.2, -0.15) is 5.10 Å². The quantitative estimate of drug-likeness (QED) is 0.741. The molecule has 1 N–H and O–H groups in total. The largest absolute Gasteiger partial charge is 0.310 e. The third-order valence-corrected chi connectivity index (χ3v) is 4.82. The van der Waals surface area contributed by atoms with Crippen molar-refractivity contribution in [3.05, 3.63) is 57.7 Å². The van der Waals surface area contributed by atoms with E-state index in [4.69, 9.17) is 5.10 Å². The van der Waals surface area contributed by atoms with Gasteiger partial charge in [0.1, 0.15) is 5.82 Å². The molecule has 3 aromatic rings. The van der Waals surface area contributed by atoms with Gasteiger partial charge in [0.2, 0.25) is 5.91 Å². The van der Waals surface area contributed by atoms with Crippen LogP contribution in [0.4, 0.5) is 5.82 Å². The number of thiazole rings is 1. The van der Waals surface area contributed by atoms with E-state index >= 15 is 0 Å². The van der Waals surface area contributed by atoms with Crippen molar-refractivity contribution in [2.24, 2.45) is 0 Å². The summed E-state index contributed by atoms with van der Waals surface area (Å²) in [6, 6.07) is 10.0. The zero-order valence-electron chi connectivity index (χ0n) is 15.8. The third kappa shape index (κ3) is 4.19. The molecule has 0 fully saturated rings. The van der Waals surface area contributed by atoms with Crippen molar-refractivity contribution in [2.45, 2.75) is 46.5 Å². The number of anilines is 1. The Morgan fingerprint density at radius 2 is 2.00 bits per heavy atom. The van der Waals surface area contributed by atoms with Gasteiger partial charge in [-0.05, 0) is 31.5 Å². The van der Waals surface area contributed by atoms with Crippen LogP contribution >= 0.6 is 11.3 Å². The van der Waals surface area contributed by atoms with Crippen molar-refractivity contribution in [1.82, 2.24) is 14.8 Å². The van der Waals surface area contributed by atoms with Gasteiger partial charge in [-0.3, -0.25) is 4.79 Å². The van der Waals surface area contributed by atoms with Crippen LogP contribution in [0.25, 0.3) is 5.69 Å². The number of aromatic nitrogens is 3. The van der Waals surface area contributed by atoms with E-state index in [0.717, 1.165) is 27.6 Å². The minimum Gasteiger partial charge on any atom is -0.310 e. The van der Waals surface area contributed by atoms with Crippen LogP contribution in [0.5, 0.6) is 0 Å². The first-order chi connectivity index (χ1) is 12.2. The molecule has 0 unspecified atom stereocenters. The Morgan fingerprint density at radius 1 is 1.23 bits per heavy atom. The van der Waals surface area contributed by atoms with E-state index in [1.165, 1.54) is 0 Å². The highest BCUT2D eigenvalue weighted by Crippen LogP contribution is 2.26. The molecule has 0 aliphatic carbocycles. The van der Waals surface area contributed by atoms with Crippen LogP contribution < -0.4 is 5.32 Å². The molecule has 1 amide bonds. The van der Waals surface area contributed by atoms with Gasteiger partial charge in [-0.25, -0.2) is 9.67 Å². The number of hydrogen-bond donors (Lipinski definition) is 1. The Kier molecular flexibility index (Phi) is 4.96. The van der Waals surface area contributed by atoms with Gasteiger partial charge in [0.25, 0.3) is 0 Å². The van der Waals surface area contributed by atoms with Gasteiger partial charge >= 0.3 is 0 Å². The number of carbonyl (C=O) groups excluding carboxylic acids is 1. The fraction of sp³-hybridized carbons (Fsp3) is 0.350. The van der Waals surface area contributed by atoms with Crippen molar-refractivity contribution >= 4 is 23.1 Å². The molecule has 0 saturated carbocycles. The summed E-state index contributed by atoms with van der Waals surface area (Å²) in [5.74, 6) is 0.585. The summed E-state index contributed by atoms with van der Waals surface area (Å²) in [7, 11) is 0. The molecule has 0 saturated heterocycles. The number of hydrogen-bond acceptors (Lipinski definition) is 4. The SMILES string of the molecule is Cc1cccc(-n2nc(C(C)(C)C)cc2NC(=O)Cc2csc(C)n2)c1. The van der Waals surface area contributed by atoms with Crippen LogP contribution in [0.3, 0.4) is 0 Å². The minimum atomic E-state index is -0.111. The number of carbonyl (C=O) groups is 1. The second-order valence-electron chi connectivity index (χ2n) is 7.50. The summed E-state index contributed by atoms with van der Waals surface area (Å²) < 4.78 is 1.80. The lowest BCUT2D eigenvalue weighted by atomic mass is 9.92. The first-order valence-corrected chi connectivity index (χ1v) is 9.49. The molecule has 0 aliphatic rings. The summed E-state index contributed by atoms with van der Waals surface area (Å²) >= 11 is 1.55. The lowest BCUT2D eigenvalue weighted by molar-refractivity contribution is -0.115. The van der Waals surface area contributed by atoms with Gasteiger partial charge < -0.3 is 5.32 Å². The average Bonchev–Trinajstić information content (AvgIpc) is 3.13. The number of aryl methyl sites for hydroxylation is 2. The van der Waals surface area contributed by atoms with E-state index in [1.807, 2.05) is 43.5 Å². The maximum atomic E-state index is 12.5. The highest BCUT2D eigenvalue weighted by molar-refractivity contribution is 7.09. The van der Waals surface area contributed by atoms with Crippen LogP contribution in [0.15, 0.2) is 35.7 Å². The lowest BCUT2D eigenvalue weighted by Gasteiger charge is -2.14. The van der Waals surface area contributed by atoms with Crippen molar-refractivity contribution in [1.29, 1.82) is 0 Å². The van der Waals surface area contributed by atoms with E-state index in [-0.39, 0.29) is 17.7 Å². The Labute approximate surface area is 158 Å². The maximum absolute atomic E-state index is 12.5. The molecule has 5 nitrogen and oxygen atoms in total. The smallest absolute Gasteiger partial charge is 0.231 e. The van der Waals surface area contributed by atoms with Crippen LogP contribution in [0, 0.1) is 13.8 Å². The number of benzene rings is 1. The highest BCUT2D eigenvalue weighted by Gasteiger charge is 2.21. The average molecular weight is 369 g/mol. The normalized spacial score (nSPS) is 11.6. The van der Waals surface area contributed by atoms with E-state index in [1.54, 1.807) is 16.0 Å². The second-order valence-corrected chi connectivity index (χ2v) is 8.56. The fourth-order valence-corrected chi connectivity index (χ4v) is 3.25. The lowest BCUT2D eigenvalue weighted by Crippen LogP contribution is -2.17. The minimum absolute atomic E-state index is 0.0930. The molecule has 2 aromatic heterocycles. The zero-order chi connectivity index (χ0) is 18.9. The summed E-state index contributed by atoms with van der Waals surface area (Å²) in [6.07, 6.45) is 0.258. The molecule has 26 heavy (non-hydrogen) atoms. The Hall–Kier alpha value is -2.47. The van der Waals surface area contributed by atoms with Crippen molar-refractivity contribution in [3.8, 4) is 5.69 Å². The second kappa shape index (κ2) is 7.03. The molecule has 6 heteroatoms. The summed E-state index contributed by atoms with van der Waals surface area (Å²) in [6.45, 7) is 10.3. The Balaban J connectivity index is 1.91. The molecule has 2 heterocycles. The molecule has 0 aliphatic heterocycles. The van der Waals surface area contributed by atoms with Crippen LogP contribution in [0.1, 0.15) is 42.7 Å². The predicted octanol–water partition coefficient (Wildman–Crippen LogP) is 4.42. The topological polar surface area (TPSA) is 59.8 Å². The molecule has 0 radical (unpaired) electrons. The summed E-state index contributed by atoms with van der Waals surface area (Å²) in [5, 5.41) is 10.6. The zero-order valence-corrected chi connectivity index (χ0v) is 16.6. The number of amides is 1. The van der Waals surface area contributed by atoms with Gasteiger partial charge in [-0.1, -0.05) is 32.9 Å². The summed E-state index contributed by atoms with van der Waals surface area (Å²) in [5.41, 5.74) is 3.69. The number of nitrogens with one attached hydrogen (secondary N) is 1. The highest BCUT2D eigenvalue weighted by atomic mass is 32.1. The number of nitrogens with zero attached hydrogens (tertiary/aromatic N) is 3. The van der Waals surface area contributed by atoms with Gasteiger partial charge in [0.05, 0.1) is 28.5 Å². The predicted molar refractivity (Wildman–Crippen MR) is 106 cm³/mol. The first kappa shape index (κ1) is 18.3. The maximum Gasteiger partial charge on any atom is 0.231 e. The van der Waals surface area contributed by atoms with E-state index in [9.17, 15) is 4.79 Å². The molecule has 0 atom stereocenters. The van der Waals surface area contributed by atoms with E-state index in [2.05, 4.69) is 37.1 Å². The molecular formula is C20H24N4OS. The standard InChI is InChI=1S/C20H24N4OS/c1-13-7-6-8-16(9-13)24-18(11-17(23-24)20(3,4)5)22-19(25)10-15-12-26-14(2)21-15/h6-9,11-12H,10H2,1-5H3,(H,22,25). The number of rotatable bonds is 4. The Morgan fingerprint density at radius 3 is 2.62 bits per heavy atom. The van der Waals surface area contributed by atoms with Crippen molar-refractivity contribution in [2.75, 3.05) is 5.32 Å². The Bertz CT molecular complexity index is 933. The molecule has 0 spiro atoms. The van der Waals surface area contributed by atoms with Crippen LogP contribution in [-0.2, 0) is 16.6 Å². The van der Waals surface area contributed by atoms with Gasteiger partial charge in [-0.15, -0.1) is 11.3 Å². The summed E-state index contributed by atoms with van der Waals surface area (Å²) in [4.78, 5) is 16.9. The van der Waals surface area contributed by atoms with Crippen LogP contribution in [-0.4, -0.2) is 20.7 Å². The van der Waals surface area contributed by atoms with Gasteiger partial charge in [0.15, 0.2) is 0 Å². The monoisotopic (exact) mass is 368 g/mol. The third-order valence-electron chi connectivity index (χ3n) is 4.00. The molecule has 136 valence electrons. The van der Waals surface area contributed by atoms with E-state index < -0.39 is 0 Å². The van der Waals surface area contributed by atoms with Crippen LogP contribution in [0.2, 0.25) is 0 Å². The van der Waals surface area contributed by atoms with E-state index in [0.29, 0.717) is 5.82 Å². The fourth-order valence-electron chi connectivity index (χ4n) is 2.63. The van der Waals surface area contributed by atoms with Crippen molar-refractivity contribution in [3.63, 3.8) is 0 Å². The first-order valence-electron chi connectivity index (χ1n) is 8.61. The molecule has 1 aromatic carbocycles. The van der Waals surface area contributed by atoms with Crippen molar-refractivity contribution < 1.29 is 4.79 Å². The molecular weight excluding hydrogens is 344 g/mol. The molecule has 0 bridgehead atoms. The van der Waals surface area contributed by atoms with Gasteiger partial charge in [0, 0.05) is 16.9 Å². The molecule has 3 rings (SSSR count).